The van der Waals surface area contributed by atoms with Gasteiger partial charge in [0.1, 0.15) is 12.4 Å². The molecular formula is C35H29IN2O5S. The van der Waals surface area contributed by atoms with Crippen LogP contribution in [0.5, 0.6) is 17.2 Å². The normalized spacial score (nSPS) is 14.8. The van der Waals surface area contributed by atoms with E-state index in [2.05, 4.69) is 51.8 Å². The number of hydrogen-bond acceptors (Lipinski definition) is 7. The number of allylic oxidation sites excluding steroid dienone is 2. The average Bonchev–Trinajstić information content (AvgIpc) is 3.33. The molecule has 0 saturated heterocycles. The van der Waals surface area contributed by atoms with Gasteiger partial charge in [0.2, 0.25) is 0 Å². The summed E-state index contributed by atoms with van der Waals surface area (Å²) in [6.45, 7) is 3.71. The second-order valence-electron chi connectivity index (χ2n) is 10.4. The lowest BCUT2D eigenvalue weighted by atomic mass is 9.93. The number of fused-ring (bicyclic) bond motifs is 2. The smallest absolute Gasteiger partial charge is 0.271 e. The van der Waals surface area contributed by atoms with E-state index in [9.17, 15) is 9.59 Å². The molecule has 0 unspecified atom stereocenters. The molecule has 44 heavy (non-hydrogen) atoms. The molecule has 9 heteroatoms. The number of nitrogens with zero attached hydrogens (tertiary/aromatic N) is 2. The van der Waals surface area contributed by atoms with Gasteiger partial charge in [-0.3, -0.25) is 14.2 Å². The lowest BCUT2D eigenvalue weighted by Gasteiger charge is -2.24. The van der Waals surface area contributed by atoms with Crippen LogP contribution in [0.15, 0.2) is 99.9 Å². The molecule has 4 aromatic carbocycles. The summed E-state index contributed by atoms with van der Waals surface area (Å²) in [5, 5.41) is 2.30. The number of carbonyl (C=O) groups is 1. The van der Waals surface area contributed by atoms with Gasteiger partial charge < -0.3 is 14.2 Å². The van der Waals surface area contributed by atoms with Crippen molar-refractivity contribution >= 4 is 56.6 Å². The second-order valence-corrected chi connectivity index (χ2v) is 12.5. The fourth-order valence-corrected chi connectivity index (χ4v) is 7.38. The maximum Gasteiger partial charge on any atom is 0.271 e. The van der Waals surface area contributed by atoms with Gasteiger partial charge in [0.25, 0.3) is 5.56 Å². The largest absolute Gasteiger partial charge is 0.497 e. The molecule has 0 fully saturated rings. The van der Waals surface area contributed by atoms with Gasteiger partial charge >= 0.3 is 0 Å². The van der Waals surface area contributed by atoms with Gasteiger partial charge in [0.05, 0.1) is 28.4 Å². The fourth-order valence-electron chi connectivity index (χ4n) is 5.56. The highest BCUT2D eigenvalue weighted by Gasteiger charge is 2.30. The Morgan fingerprint density at radius 3 is 2.50 bits per heavy atom. The Bertz CT molecular complexity index is 2120. The van der Waals surface area contributed by atoms with Gasteiger partial charge in [-0.15, -0.1) is 0 Å². The van der Waals surface area contributed by atoms with Crippen LogP contribution in [0.3, 0.4) is 0 Å². The Kier molecular flexibility index (Phi) is 8.42. The van der Waals surface area contributed by atoms with Gasteiger partial charge in [0, 0.05) is 11.3 Å². The number of Topliss-reactive ketones (excluding diaryl/α,β-unsaturated/α-hetero) is 1. The number of thiazole rings is 1. The van der Waals surface area contributed by atoms with E-state index < -0.39 is 6.04 Å². The zero-order chi connectivity index (χ0) is 31.0. The van der Waals surface area contributed by atoms with Crippen LogP contribution in [-0.2, 0) is 11.4 Å². The number of methoxy groups -OCH3 is 2. The molecule has 0 bridgehead atoms. The van der Waals surface area contributed by atoms with Crippen LogP contribution in [0.2, 0.25) is 0 Å². The molecule has 1 aliphatic heterocycles. The maximum absolute atomic E-state index is 13.9. The van der Waals surface area contributed by atoms with Crippen LogP contribution in [0.25, 0.3) is 16.8 Å². The fraction of sp³-hybridized carbons (Fsp3) is 0.171. The predicted molar refractivity (Wildman–Crippen MR) is 181 cm³/mol. The molecule has 0 aliphatic carbocycles. The second kappa shape index (κ2) is 12.4. The molecule has 6 rings (SSSR count). The molecule has 7 nitrogen and oxygen atoms in total. The summed E-state index contributed by atoms with van der Waals surface area (Å²) in [5.74, 6) is 1.78. The Balaban J connectivity index is 1.39. The molecule has 5 aromatic rings. The zero-order valence-electron chi connectivity index (χ0n) is 24.6. The number of ether oxygens (including phenoxy) is 3. The van der Waals surface area contributed by atoms with E-state index in [1.165, 1.54) is 18.3 Å². The third-order valence-electron chi connectivity index (χ3n) is 7.63. The Morgan fingerprint density at radius 2 is 1.77 bits per heavy atom. The van der Waals surface area contributed by atoms with Gasteiger partial charge in [-0.05, 0) is 94.2 Å². The SMILES string of the molecule is COc1ccc([C@H]2C(C(C)=O)=C(C)N=c3sc(=Cc4cc(I)c(OCc5cccc6ccccc56)c(OC)c4)c(=O)n32)cc1. The number of halogens is 1. The molecule has 1 atom stereocenters. The van der Waals surface area contributed by atoms with E-state index >= 15 is 0 Å². The summed E-state index contributed by atoms with van der Waals surface area (Å²) in [6, 6.07) is 25.1. The first-order chi connectivity index (χ1) is 21.3. The van der Waals surface area contributed by atoms with Gasteiger partial charge in [-0.1, -0.05) is 65.9 Å². The van der Waals surface area contributed by atoms with Crippen molar-refractivity contribution in [2.24, 2.45) is 4.99 Å². The number of carbonyl (C=O) groups excluding carboxylic acids is 1. The molecule has 0 amide bonds. The number of aromatic nitrogens is 1. The lowest BCUT2D eigenvalue weighted by molar-refractivity contribution is -0.114. The summed E-state index contributed by atoms with van der Waals surface area (Å²) in [5.41, 5.74) is 3.57. The van der Waals surface area contributed by atoms with Crippen molar-refractivity contribution in [3.63, 3.8) is 0 Å². The molecule has 2 heterocycles. The lowest BCUT2D eigenvalue weighted by Crippen LogP contribution is -2.39. The number of benzene rings is 4. The Hall–Kier alpha value is -4.22. The van der Waals surface area contributed by atoms with E-state index in [0.29, 0.717) is 44.5 Å². The van der Waals surface area contributed by atoms with Crippen LogP contribution in [0.4, 0.5) is 0 Å². The van der Waals surface area contributed by atoms with Gasteiger partial charge in [-0.2, -0.15) is 0 Å². The van der Waals surface area contributed by atoms with Crippen molar-refractivity contribution in [2.45, 2.75) is 26.5 Å². The maximum atomic E-state index is 13.9. The van der Waals surface area contributed by atoms with Crippen molar-refractivity contribution in [3.8, 4) is 17.2 Å². The quantitative estimate of drug-likeness (QED) is 0.180. The summed E-state index contributed by atoms with van der Waals surface area (Å²) in [6.07, 6.45) is 1.83. The first kappa shape index (κ1) is 29.8. The van der Waals surface area contributed by atoms with Crippen molar-refractivity contribution in [1.29, 1.82) is 0 Å². The topological polar surface area (TPSA) is 79.1 Å². The predicted octanol–water partition coefficient (Wildman–Crippen LogP) is 6.18. The van der Waals surface area contributed by atoms with Crippen LogP contribution in [0, 0.1) is 3.57 Å². The van der Waals surface area contributed by atoms with Crippen molar-refractivity contribution in [2.75, 3.05) is 14.2 Å². The van der Waals surface area contributed by atoms with E-state index in [0.717, 1.165) is 31.0 Å². The standard InChI is InChI=1S/C35H29IN2O5S/c1-20-31(21(2)39)32(24-12-14-26(41-3)15-13-24)38-34(40)30(44-35(38)37-20)18-22-16-28(36)33(29(17-22)42-4)43-19-25-10-7-9-23-8-5-6-11-27(23)25/h5-18,32H,19H2,1-4H3/t32-/m0/s1. The molecule has 0 radical (unpaired) electrons. The number of hydrogen-bond donors (Lipinski definition) is 0. The highest BCUT2D eigenvalue weighted by Crippen LogP contribution is 2.36. The van der Waals surface area contributed by atoms with E-state index in [1.54, 1.807) is 18.8 Å². The minimum absolute atomic E-state index is 0.125. The highest BCUT2D eigenvalue weighted by molar-refractivity contribution is 14.1. The summed E-state index contributed by atoms with van der Waals surface area (Å²) >= 11 is 3.53. The van der Waals surface area contributed by atoms with E-state index in [-0.39, 0.29) is 11.3 Å². The Morgan fingerprint density at radius 1 is 1.02 bits per heavy atom. The van der Waals surface area contributed by atoms with Crippen molar-refractivity contribution in [3.05, 3.63) is 130 Å². The minimum Gasteiger partial charge on any atom is -0.497 e. The first-order valence-corrected chi connectivity index (χ1v) is 15.8. The van der Waals surface area contributed by atoms with Crippen molar-refractivity contribution < 1.29 is 19.0 Å². The first-order valence-electron chi connectivity index (χ1n) is 13.9. The van der Waals surface area contributed by atoms with Crippen LogP contribution >= 0.6 is 33.9 Å². The summed E-state index contributed by atoms with van der Waals surface area (Å²) in [7, 11) is 3.21. The Labute approximate surface area is 271 Å². The molecule has 0 N–H and O–H groups in total. The van der Waals surface area contributed by atoms with E-state index in [1.807, 2.05) is 67.6 Å². The molecule has 0 saturated carbocycles. The number of ketones is 1. The summed E-state index contributed by atoms with van der Waals surface area (Å²) in [4.78, 5) is 31.9. The average molecular weight is 717 g/mol. The molecule has 222 valence electrons. The zero-order valence-corrected chi connectivity index (χ0v) is 27.6. The van der Waals surface area contributed by atoms with Gasteiger partial charge in [0.15, 0.2) is 22.1 Å². The third-order valence-corrected chi connectivity index (χ3v) is 9.42. The highest BCUT2D eigenvalue weighted by atomic mass is 127. The molecule has 1 aromatic heterocycles. The third kappa shape index (κ3) is 5.57. The van der Waals surface area contributed by atoms with Crippen LogP contribution in [-0.4, -0.2) is 24.6 Å². The number of rotatable bonds is 8. The minimum atomic E-state index is -0.587. The van der Waals surface area contributed by atoms with Crippen LogP contribution < -0.4 is 29.1 Å². The summed E-state index contributed by atoms with van der Waals surface area (Å²) < 4.78 is 20.3. The van der Waals surface area contributed by atoms with Gasteiger partial charge in [-0.25, -0.2) is 4.99 Å². The monoisotopic (exact) mass is 716 g/mol. The van der Waals surface area contributed by atoms with E-state index in [4.69, 9.17) is 14.2 Å². The molecular weight excluding hydrogens is 687 g/mol. The van der Waals surface area contributed by atoms with Crippen LogP contribution in [0.1, 0.15) is 36.6 Å². The molecule has 1 aliphatic rings. The molecule has 0 spiro atoms. The van der Waals surface area contributed by atoms with Crippen molar-refractivity contribution in [1.82, 2.24) is 4.57 Å².